The van der Waals surface area contributed by atoms with E-state index in [2.05, 4.69) is 55.4 Å². The summed E-state index contributed by atoms with van der Waals surface area (Å²) >= 11 is 0. The van der Waals surface area contributed by atoms with Crippen LogP contribution in [0.3, 0.4) is 0 Å². The third kappa shape index (κ3) is 26.5. The van der Waals surface area contributed by atoms with Crippen LogP contribution in [0.1, 0.15) is 75.7 Å². The third-order valence-corrected chi connectivity index (χ3v) is 2.39. The van der Waals surface area contributed by atoms with Crippen LogP contribution in [0.25, 0.3) is 0 Å². The van der Waals surface area contributed by atoms with Gasteiger partial charge in [0.1, 0.15) is 0 Å². The number of rotatable bonds is 8. The lowest BCUT2D eigenvalue weighted by molar-refractivity contribution is 0.0886. The summed E-state index contributed by atoms with van der Waals surface area (Å²) in [6, 6.07) is 0. The maximum atomic E-state index is 9.39. The van der Waals surface area contributed by atoms with E-state index < -0.39 is 0 Å². The molecule has 0 atom stereocenters. The summed E-state index contributed by atoms with van der Waals surface area (Å²) in [4.78, 5) is 0. The van der Waals surface area contributed by atoms with Crippen LogP contribution in [0.4, 0.5) is 0 Å². The van der Waals surface area contributed by atoms with E-state index >= 15 is 0 Å². The molecule has 0 saturated heterocycles. The molecule has 0 aliphatic heterocycles. The van der Waals surface area contributed by atoms with E-state index in [0.29, 0.717) is 23.7 Å². The van der Waals surface area contributed by atoms with Crippen molar-refractivity contribution < 1.29 is 9.84 Å². The zero-order chi connectivity index (χ0) is 15.4. The van der Waals surface area contributed by atoms with Crippen LogP contribution in [0.5, 0.6) is 0 Å². The standard InChI is InChI=1S/C9H20O.C8H18O.CH4/c1-7(2)5-9(10)6-8(3)4;1-7(2)5-9-6-8(3)4;/h7-10H,5-6H2,1-4H3;7-8H,5-6H2,1-4H3;1H4. The van der Waals surface area contributed by atoms with Gasteiger partial charge in [-0.25, -0.2) is 0 Å². The van der Waals surface area contributed by atoms with E-state index in [0.717, 1.165) is 26.1 Å². The van der Waals surface area contributed by atoms with Crippen molar-refractivity contribution in [1.29, 1.82) is 0 Å². The van der Waals surface area contributed by atoms with Crippen LogP contribution < -0.4 is 0 Å². The van der Waals surface area contributed by atoms with Gasteiger partial charge in [0.25, 0.3) is 0 Å². The fraction of sp³-hybridized carbons (Fsp3) is 1.00. The van der Waals surface area contributed by atoms with Crippen LogP contribution in [0.15, 0.2) is 0 Å². The molecule has 0 bridgehead atoms. The lowest BCUT2D eigenvalue weighted by Crippen LogP contribution is -2.12. The second-order valence-corrected chi connectivity index (χ2v) is 7.24. The molecule has 0 heterocycles. The molecule has 0 radical (unpaired) electrons. The zero-order valence-corrected chi connectivity index (χ0v) is 14.6. The normalized spacial score (nSPS) is 11.1. The summed E-state index contributed by atoms with van der Waals surface area (Å²) in [5, 5.41) is 9.39. The molecular formula is C18H42O2. The monoisotopic (exact) mass is 290 g/mol. The van der Waals surface area contributed by atoms with Gasteiger partial charge in [-0.05, 0) is 36.5 Å². The van der Waals surface area contributed by atoms with Crippen molar-refractivity contribution in [3.8, 4) is 0 Å². The topological polar surface area (TPSA) is 29.5 Å². The molecule has 126 valence electrons. The summed E-state index contributed by atoms with van der Waals surface area (Å²) in [6.07, 6.45) is 1.80. The molecule has 0 fully saturated rings. The summed E-state index contributed by atoms with van der Waals surface area (Å²) in [5.41, 5.74) is 0. The summed E-state index contributed by atoms with van der Waals surface area (Å²) < 4.78 is 5.36. The Morgan fingerprint density at radius 3 is 1.15 bits per heavy atom. The second kappa shape index (κ2) is 15.3. The maximum Gasteiger partial charge on any atom is 0.0545 e. The molecular weight excluding hydrogens is 248 g/mol. The summed E-state index contributed by atoms with van der Waals surface area (Å²) in [6.45, 7) is 19.0. The molecule has 0 unspecified atom stereocenters. The molecule has 0 rings (SSSR count). The van der Waals surface area contributed by atoms with Gasteiger partial charge in [0.2, 0.25) is 0 Å². The lowest BCUT2D eigenvalue weighted by Gasteiger charge is -2.14. The smallest absolute Gasteiger partial charge is 0.0545 e. The Kier molecular flexibility index (Phi) is 19.1. The van der Waals surface area contributed by atoms with Gasteiger partial charge in [-0.15, -0.1) is 0 Å². The SMILES string of the molecule is C.CC(C)CC(O)CC(C)C.CC(C)COCC(C)C. The average molecular weight is 291 g/mol. The Bertz CT molecular complexity index is 156. The van der Waals surface area contributed by atoms with Crippen molar-refractivity contribution in [3.63, 3.8) is 0 Å². The number of hydrogen-bond acceptors (Lipinski definition) is 2. The van der Waals surface area contributed by atoms with Crippen molar-refractivity contribution >= 4 is 0 Å². The number of aliphatic hydroxyl groups is 1. The van der Waals surface area contributed by atoms with Gasteiger partial charge in [-0.2, -0.15) is 0 Å². The van der Waals surface area contributed by atoms with Gasteiger partial charge in [0, 0.05) is 13.2 Å². The molecule has 0 aliphatic rings. The molecule has 0 aromatic rings. The van der Waals surface area contributed by atoms with Crippen LogP contribution in [0.2, 0.25) is 0 Å². The Hall–Kier alpha value is -0.0800. The first kappa shape index (κ1) is 24.9. The predicted octanol–water partition coefficient (Wildman–Crippen LogP) is 5.39. The van der Waals surface area contributed by atoms with Crippen molar-refractivity contribution in [2.24, 2.45) is 23.7 Å². The van der Waals surface area contributed by atoms with E-state index in [9.17, 15) is 5.11 Å². The van der Waals surface area contributed by atoms with Crippen molar-refractivity contribution in [1.82, 2.24) is 0 Å². The highest BCUT2D eigenvalue weighted by molar-refractivity contribution is 4.60. The van der Waals surface area contributed by atoms with E-state index in [1.165, 1.54) is 0 Å². The molecule has 0 spiro atoms. The van der Waals surface area contributed by atoms with E-state index in [4.69, 9.17) is 4.74 Å². The van der Waals surface area contributed by atoms with Gasteiger partial charge in [0.05, 0.1) is 6.10 Å². The van der Waals surface area contributed by atoms with Gasteiger partial charge < -0.3 is 9.84 Å². The predicted molar refractivity (Wildman–Crippen MR) is 92.1 cm³/mol. The largest absolute Gasteiger partial charge is 0.393 e. The molecule has 0 amide bonds. The molecule has 0 saturated carbocycles. The van der Waals surface area contributed by atoms with Crippen molar-refractivity contribution in [3.05, 3.63) is 0 Å². The number of hydrogen-bond donors (Lipinski definition) is 1. The van der Waals surface area contributed by atoms with Crippen LogP contribution >= 0.6 is 0 Å². The first-order valence-corrected chi connectivity index (χ1v) is 7.90. The minimum absolute atomic E-state index is 0. The fourth-order valence-electron chi connectivity index (χ4n) is 1.72. The average Bonchev–Trinajstić information content (AvgIpc) is 2.13. The zero-order valence-electron chi connectivity index (χ0n) is 14.6. The molecule has 2 nitrogen and oxygen atoms in total. The molecule has 0 aromatic carbocycles. The van der Waals surface area contributed by atoms with Crippen molar-refractivity contribution in [2.75, 3.05) is 13.2 Å². The quantitative estimate of drug-likeness (QED) is 0.649. The minimum Gasteiger partial charge on any atom is -0.393 e. The molecule has 1 N–H and O–H groups in total. The number of aliphatic hydroxyl groups excluding tert-OH is 1. The van der Waals surface area contributed by atoms with Gasteiger partial charge in [0.15, 0.2) is 0 Å². The minimum atomic E-state index is -0.0833. The second-order valence-electron chi connectivity index (χ2n) is 7.24. The Morgan fingerprint density at radius 2 is 0.950 bits per heavy atom. The summed E-state index contributed by atoms with van der Waals surface area (Å²) in [5.74, 6) is 2.58. The lowest BCUT2D eigenvalue weighted by atomic mass is 9.98. The summed E-state index contributed by atoms with van der Waals surface area (Å²) in [7, 11) is 0. The highest BCUT2D eigenvalue weighted by Gasteiger charge is 2.08. The van der Waals surface area contributed by atoms with Crippen molar-refractivity contribution in [2.45, 2.75) is 81.8 Å². The molecule has 20 heavy (non-hydrogen) atoms. The highest BCUT2D eigenvalue weighted by Crippen LogP contribution is 2.12. The maximum absolute atomic E-state index is 9.39. The molecule has 2 heteroatoms. The Balaban J connectivity index is -0.000000277. The van der Waals surface area contributed by atoms with E-state index in [-0.39, 0.29) is 13.5 Å². The van der Waals surface area contributed by atoms with Crippen LogP contribution in [-0.2, 0) is 4.74 Å². The first-order valence-electron chi connectivity index (χ1n) is 7.90. The third-order valence-electron chi connectivity index (χ3n) is 2.39. The van der Waals surface area contributed by atoms with Crippen LogP contribution in [0, 0.1) is 23.7 Å². The van der Waals surface area contributed by atoms with Crippen LogP contribution in [-0.4, -0.2) is 24.4 Å². The van der Waals surface area contributed by atoms with E-state index in [1.54, 1.807) is 0 Å². The molecule has 0 aliphatic carbocycles. The van der Waals surface area contributed by atoms with Gasteiger partial charge >= 0.3 is 0 Å². The Labute approximate surface area is 129 Å². The first-order chi connectivity index (χ1) is 8.65. The fourth-order valence-corrected chi connectivity index (χ4v) is 1.72. The van der Waals surface area contributed by atoms with Gasteiger partial charge in [-0.3, -0.25) is 0 Å². The van der Waals surface area contributed by atoms with E-state index in [1.807, 2.05) is 0 Å². The Morgan fingerprint density at radius 1 is 0.650 bits per heavy atom. The highest BCUT2D eigenvalue weighted by atomic mass is 16.5. The van der Waals surface area contributed by atoms with Gasteiger partial charge in [-0.1, -0.05) is 62.8 Å². The number of ether oxygens (including phenoxy) is 1. The molecule has 0 aromatic heterocycles.